The minimum Gasteiger partial charge on any atom is -0.490 e. The molecule has 0 radical (unpaired) electrons. The van der Waals surface area contributed by atoms with Crippen LogP contribution in [0.5, 0.6) is 5.75 Å². The molecule has 0 saturated carbocycles. The minimum atomic E-state index is -0.564. The maximum absolute atomic E-state index is 10.8. The van der Waals surface area contributed by atoms with Gasteiger partial charge in [0.05, 0.1) is 5.52 Å². The van der Waals surface area contributed by atoms with Gasteiger partial charge in [0.1, 0.15) is 18.5 Å². The molecule has 0 bridgehead atoms. The van der Waals surface area contributed by atoms with Crippen molar-refractivity contribution in [1.82, 2.24) is 9.88 Å². The Hall–Kier alpha value is -3.87. The standard InChI is InChI=1S/C34H40N4O2/c1-36(2)28-11-5-9-26(21-28)34(27-10-6-12-29(22-27)37(3)4)25-16-19-38(20-17-25)23-30(39)24-40-33-15-7-14-32-31(33)13-8-18-35-32/h5-15,18,21-22,30,39H,16-17,19-20,23-24H2,1-4H3. The SMILES string of the molecule is CN(C)c1cccc(C(=C2CCN(CC(O)COc3cccc4ncccc34)CC2)c2cccc(N(C)C)c2)c1. The summed E-state index contributed by atoms with van der Waals surface area (Å²) in [5.74, 6) is 0.762. The number of aromatic nitrogens is 1. The Bertz CT molecular complexity index is 1410. The third-order valence-electron chi connectivity index (χ3n) is 7.62. The van der Waals surface area contributed by atoms with Gasteiger partial charge < -0.3 is 19.6 Å². The monoisotopic (exact) mass is 536 g/mol. The summed E-state index contributed by atoms with van der Waals surface area (Å²) in [6.07, 6.45) is 3.15. The highest BCUT2D eigenvalue weighted by Gasteiger charge is 2.22. The lowest BCUT2D eigenvalue weighted by Crippen LogP contribution is -2.39. The number of rotatable bonds is 9. The number of anilines is 2. The predicted octanol–water partition coefficient (Wildman–Crippen LogP) is 5.70. The van der Waals surface area contributed by atoms with E-state index in [0.29, 0.717) is 6.54 Å². The van der Waals surface area contributed by atoms with E-state index >= 15 is 0 Å². The predicted molar refractivity (Wildman–Crippen MR) is 166 cm³/mol. The van der Waals surface area contributed by atoms with Crippen LogP contribution < -0.4 is 14.5 Å². The van der Waals surface area contributed by atoms with Crippen molar-refractivity contribution in [3.8, 4) is 5.75 Å². The van der Waals surface area contributed by atoms with E-state index in [2.05, 4.69) is 96.4 Å². The first-order valence-electron chi connectivity index (χ1n) is 14.0. The van der Waals surface area contributed by atoms with Crippen LogP contribution in [-0.4, -0.2) is 75.5 Å². The summed E-state index contributed by atoms with van der Waals surface area (Å²) in [5.41, 5.74) is 8.60. The summed E-state index contributed by atoms with van der Waals surface area (Å²) in [7, 11) is 8.35. The number of nitrogens with zero attached hydrogens (tertiary/aromatic N) is 4. The zero-order valence-corrected chi connectivity index (χ0v) is 24.0. The van der Waals surface area contributed by atoms with Gasteiger partial charge >= 0.3 is 0 Å². The molecule has 0 spiro atoms. The maximum atomic E-state index is 10.8. The molecule has 0 amide bonds. The molecule has 1 unspecified atom stereocenters. The van der Waals surface area contributed by atoms with Crippen molar-refractivity contribution in [2.24, 2.45) is 0 Å². The van der Waals surface area contributed by atoms with Crippen molar-refractivity contribution in [1.29, 1.82) is 0 Å². The fourth-order valence-electron chi connectivity index (χ4n) is 5.45. The molecule has 5 rings (SSSR count). The third kappa shape index (κ3) is 6.46. The molecule has 3 aromatic carbocycles. The van der Waals surface area contributed by atoms with Crippen molar-refractivity contribution in [3.05, 3.63) is 102 Å². The largest absolute Gasteiger partial charge is 0.490 e. The number of piperidine rings is 1. The summed E-state index contributed by atoms with van der Waals surface area (Å²) >= 11 is 0. The number of hydrogen-bond acceptors (Lipinski definition) is 6. The summed E-state index contributed by atoms with van der Waals surface area (Å²) in [5, 5.41) is 11.8. The van der Waals surface area contributed by atoms with Crippen LogP contribution in [-0.2, 0) is 0 Å². The van der Waals surface area contributed by atoms with Crippen molar-refractivity contribution < 1.29 is 9.84 Å². The highest BCUT2D eigenvalue weighted by atomic mass is 16.5. The van der Waals surface area contributed by atoms with Gasteiger partial charge in [-0.05, 0) is 78.1 Å². The van der Waals surface area contributed by atoms with E-state index in [1.54, 1.807) is 6.20 Å². The Balaban J connectivity index is 1.30. The topological polar surface area (TPSA) is 52.1 Å². The van der Waals surface area contributed by atoms with E-state index in [1.165, 1.54) is 33.6 Å². The van der Waals surface area contributed by atoms with Gasteiger partial charge in [-0.25, -0.2) is 0 Å². The number of aliphatic hydroxyl groups excluding tert-OH is 1. The van der Waals surface area contributed by atoms with Gasteiger partial charge in [-0.3, -0.25) is 9.88 Å². The van der Waals surface area contributed by atoms with E-state index in [-0.39, 0.29) is 6.61 Å². The molecule has 1 fully saturated rings. The van der Waals surface area contributed by atoms with Gasteiger partial charge in [-0.2, -0.15) is 0 Å². The Morgan fingerprint density at radius 1 is 0.850 bits per heavy atom. The molecule has 1 aliphatic rings. The Kier molecular flexibility index (Phi) is 8.68. The van der Waals surface area contributed by atoms with Gasteiger partial charge in [0.2, 0.25) is 0 Å². The number of β-amino-alcohol motifs (C(OH)–C–C–N with tert-alkyl or cyclic N) is 1. The number of likely N-dealkylation sites (tertiary alicyclic amines) is 1. The zero-order chi connectivity index (χ0) is 28.1. The molecular weight excluding hydrogens is 496 g/mol. The van der Waals surface area contributed by atoms with Crippen LogP contribution in [0.3, 0.4) is 0 Å². The lowest BCUT2D eigenvalue weighted by molar-refractivity contribution is 0.0661. The second kappa shape index (κ2) is 12.5. The lowest BCUT2D eigenvalue weighted by atomic mass is 9.88. The molecule has 40 heavy (non-hydrogen) atoms. The molecule has 4 aromatic rings. The number of hydrogen-bond donors (Lipinski definition) is 1. The van der Waals surface area contributed by atoms with Crippen LogP contribution in [0.2, 0.25) is 0 Å². The van der Waals surface area contributed by atoms with Crippen molar-refractivity contribution in [2.75, 3.05) is 64.2 Å². The van der Waals surface area contributed by atoms with Gasteiger partial charge in [-0.15, -0.1) is 0 Å². The van der Waals surface area contributed by atoms with Crippen molar-refractivity contribution in [3.63, 3.8) is 0 Å². The molecule has 6 nitrogen and oxygen atoms in total. The molecule has 0 aliphatic carbocycles. The minimum absolute atomic E-state index is 0.257. The fourth-order valence-corrected chi connectivity index (χ4v) is 5.45. The van der Waals surface area contributed by atoms with Crippen LogP contribution in [0.15, 0.2) is 90.6 Å². The van der Waals surface area contributed by atoms with E-state index in [0.717, 1.165) is 42.6 Å². The lowest BCUT2D eigenvalue weighted by Gasteiger charge is -2.32. The number of pyridine rings is 1. The average Bonchev–Trinajstić information content (AvgIpc) is 2.97. The summed E-state index contributed by atoms with van der Waals surface area (Å²) in [6.45, 7) is 2.68. The highest BCUT2D eigenvalue weighted by Crippen LogP contribution is 2.35. The second-order valence-corrected chi connectivity index (χ2v) is 11.0. The first kappa shape index (κ1) is 27.7. The van der Waals surface area contributed by atoms with Crippen LogP contribution >= 0.6 is 0 Å². The average molecular weight is 537 g/mol. The van der Waals surface area contributed by atoms with Crippen LogP contribution in [0, 0.1) is 0 Å². The first-order chi connectivity index (χ1) is 19.4. The van der Waals surface area contributed by atoms with E-state index in [1.807, 2.05) is 30.3 Å². The van der Waals surface area contributed by atoms with Crippen molar-refractivity contribution >= 4 is 27.9 Å². The molecular formula is C34H40N4O2. The molecule has 2 heterocycles. The summed E-state index contributed by atoms with van der Waals surface area (Å²) in [4.78, 5) is 11.1. The fraction of sp³-hybridized carbons (Fsp3) is 0.324. The highest BCUT2D eigenvalue weighted by molar-refractivity contribution is 5.85. The quantitative estimate of drug-likeness (QED) is 0.296. The van der Waals surface area contributed by atoms with E-state index in [4.69, 9.17) is 4.74 Å². The Morgan fingerprint density at radius 2 is 1.48 bits per heavy atom. The van der Waals surface area contributed by atoms with Crippen LogP contribution in [0.1, 0.15) is 24.0 Å². The first-order valence-corrected chi connectivity index (χ1v) is 14.0. The molecule has 1 saturated heterocycles. The molecule has 1 aromatic heterocycles. The molecule has 1 aliphatic heterocycles. The van der Waals surface area contributed by atoms with E-state index in [9.17, 15) is 5.11 Å². The molecule has 6 heteroatoms. The van der Waals surface area contributed by atoms with Crippen LogP contribution in [0.4, 0.5) is 11.4 Å². The number of aliphatic hydroxyl groups is 1. The summed E-state index contributed by atoms with van der Waals surface area (Å²) < 4.78 is 6.02. The third-order valence-corrected chi connectivity index (χ3v) is 7.62. The van der Waals surface area contributed by atoms with Gasteiger partial charge in [0.25, 0.3) is 0 Å². The number of fused-ring (bicyclic) bond motifs is 1. The molecule has 1 N–H and O–H groups in total. The Morgan fingerprint density at radius 3 is 2.10 bits per heavy atom. The van der Waals surface area contributed by atoms with Gasteiger partial charge in [0, 0.05) is 70.8 Å². The maximum Gasteiger partial charge on any atom is 0.128 e. The second-order valence-electron chi connectivity index (χ2n) is 11.0. The van der Waals surface area contributed by atoms with Gasteiger partial charge in [-0.1, -0.05) is 35.9 Å². The number of ether oxygens (including phenoxy) is 1. The zero-order valence-electron chi connectivity index (χ0n) is 24.0. The number of benzene rings is 3. The van der Waals surface area contributed by atoms with Crippen LogP contribution in [0.25, 0.3) is 16.5 Å². The van der Waals surface area contributed by atoms with Gasteiger partial charge in [0.15, 0.2) is 0 Å². The molecule has 208 valence electrons. The van der Waals surface area contributed by atoms with E-state index < -0.39 is 6.10 Å². The summed E-state index contributed by atoms with van der Waals surface area (Å²) in [6, 6.07) is 27.4. The van der Waals surface area contributed by atoms with Crippen molar-refractivity contribution in [2.45, 2.75) is 18.9 Å². The Labute approximate surface area is 238 Å². The normalized spacial score (nSPS) is 14.7. The smallest absolute Gasteiger partial charge is 0.128 e. The molecule has 1 atom stereocenters.